The lowest BCUT2D eigenvalue weighted by molar-refractivity contribution is 0.411. The summed E-state index contributed by atoms with van der Waals surface area (Å²) in [5.74, 6) is 3.84. The first-order valence-corrected chi connectivity index (χ1v) is 23.1. The van der Waals surface area contributed by atoms with Crippen molar-refractivity contribution in [1.82, 2.24) is 24.1 Å². The first-order chi connectivity index (χ1) is 31.2. The summed E-state index contributed by atoms with van der Waals surface area (Å²) >= 11 is 0. The smallest absolute Gasteiger partial charge is 0.200 e. The molecule has 0 fully saturated rings. The molecule has 0 spiro atoms. The van der Waals surface area contributed by atoms with E-state index in [1.807, 2.05) is 6.20 Å². The number of fused-ring (bicyclic) bond motifs is 5. The molecule has 7 heteroatoms. The number of imidazole rings is 1. The Morgan fingerprint density at radius 3 is 1.89 bits per heavy atom. The van der Waals surface area contributed by atoms with E-state index in [0.29, 0.717) is 11.6 Å². The van der Waals surface area contributed by atoms with Gasteiger partial charge in [0.1, 0.15) is 28.7 Å². The average Bonchev–Trinajstić information content (AvgIpc) is 3.96. The van der Waals surface area contributed by atoms with Gasteiger partial charge in [0.25, 0.3) is 0 Å². The van der Waals surface area contributed by atoms with Crippen LogP contribution in [0.25, 0.3) is 78.0 Å². The molecular weight excluding hydrogens is 811 g/mol. The van der Waals surface area contributed by atoms with Gasteiger partial charge in [-0.2, -0.15) is 0 Å². The minimum atomic E-state index is -0.227. The van der Waals surface area contributed by atoms with Crippen LogP contribution in [0.3, 0.4) is 0 Å². The number of ether oxygens (including phenoxy) is 1. The van der Waals surface area contributed by atoms with Gasteiger partial charge in [-0.25, -0.2) is 15.0 Å². The summed E-state index contributed by atoms with van der Waals surface area (Å²) in [6.45, 7) is 26.6. The number of rotatable bonds is 6. The third kappa shape index (κ3) is 7.74. The molecule has 7 nitrogen and oxygen atoms in total. The molecule has 0 saturated heterocycles. The predicted octanol–water partition coefficient (Wildman–Crippen LogP) is 16.0. The number of hydrogen-bond donors (Lipinski definition) is 0. The summed E-state index contributed by atoms with van der Waals surface area (Å²) in [4.78, 5) is 15.3. The molecule has 332 valence electrons. The van der Waals surface area contributed by atoms with Crippen LogP contribution in [-0.4, -0.2) is 24.1 Å². The molecule has 0 saturated carbocycles. The highest BCUT2D eigenvalue weighted by atomic mass is 16.5. The molecule has 0 atom stereocenters. The van der Waals surface area contributed by atoms with Gasteiger partial charge in [-0.1, -0.05) is 132 Å². The third-order valence-corrected chi connectivity index (χ3v) is 12.7. The Morgan fingerprint density at radius 2 is 1.17 bits per heavy atom. The molecule has 6 aromatic carbocycles. The van der Waals surface area contributed by atoms with Crippen LogP contribution >= 0.6 is 0 Å². The lowest BCUT2D eigenvalue weighted by Gasteiger charge is -2.24. The zero-order valence-corrected chi connectivity index (χ0v) is 40.3. The van der Waals surface area contributed by atoms with Crippen LogP contribution in [0.4, 0.5) is 0 Å². The quantitative estimate of drug-likeness (QED) is 0.166. The van der Waals surface area contributed by atoms with Crippen molar-refractivity contribution in [2.45, 2.75) is 105 Å². The topological polar surface area (TPSA) is 70.9 Å². The van der Waals surface area contributed by atoms with Crippen molar-refractivity contribution < 1.29 is 9.15 Å². The van der Waals surface area contributed by atoms with Crippen molar-refractivity contribution in [3.8, 4) is 45.5 Å². The van der Waals surface area contributed by atoms with Gasteiger partial charge in [0.2, 0.25) is 5.89 Å². The standard InChI is InChI=1S/C59H59N5O2/c1-56(2,3)38-22-25-48(44(31-38)36-18-14-13-15-19-36)64-49-21-17-16-20-46(49)61-54(64)37-28-40(58(7,8)9)30-42(29-37)65-41-23-24-43-45-34-47-52(66-55(62-47)59(10,11)12)35-51(45)63(50(43)33-41)53-32-39(26-27-60-53)57(4,5)6/h13-35H,1-12H3. The first-order valence-electron chi connectivity index (χ1n) is 23.1. The number of para-hydroxylation sites is 2. The Hall–Kier alpha value is -6.99. The fraction of sp³-hybridized carbons (Fsp3) is 0.271. The van der Waals surface area contributed by atoms with E-state index in [2.05, 4.69) is 226 Å². The molecule has 66 heavy (non-hydrogen) atoms. The number of benzene rings is 6. The molecule has 0 aliphatic heterocycles. The van der Waals surface area contributed by atoms with Gasteiger partial charge in [-0.05, 0) is 111 Å². The Balaban J connectivity index is 1.16. The highest BCUT2D eigenvalue weighted by molar-refractivity contribution is 6.12. The fourth-order valence-corrected chi connectivity index (χ4v) is 8.92. The van der Waals surface area contributed by atoms with Gasteiger partial charge < -0.3 is 9.15 Å². The number of aromatic nitrogens is 5. The molecule has 10 aromatic rings. The minimum Gasteiger partial charge on any atom is -0.457 e. The fourth-order valence-electron chi connectivity index (χ4n) is 8.92. The number of nitrogens with zero attached hydrogens (tertiary/aromatic N) is 5. The van der Waals surface area contributed by atoms with Crippen LogP contribution < -0.4 is 4.74 Å². The molecule has 0 unspecified atom stereocenters. The maximum Gasteiger partial charge on any atom is 0.200 e. The van der Waals surface area contributed by atoms with Gasteiger partial charge >= 0.3 is 0 Å². The predicted molar refractivity (Wildman–Crippen MR) is 273 cm³/mol. The zero-order chi connectivity index (χ0) is 46.5. The molecule has 4 aromatic heterocycles. The molecule has 0 aliphatic rings. The molecular formula is C59H59N5O2. The molecule has 0 N–H and O–H groups in total. The Labute approximate surface area is 388 Å². The number of oxazole rings is 1. The van der Waals surface area contributed by atoms with Crippen molar-refractivity contribution in [3.05, 3.63) is 162 Å². The van der Waals surface area contributed by atoms with Crippen molar-refractivity contribution in [3.63, 3.8) is 0 Å². The zero-order valence-electron chi connectivity index (χ0n) is 40.3. The van der Waals surface area contributed by atoms with Gasteiger partial charge in [0.05, 0.1) is 27.8 Å². The van der Waals surface area contributed by atoms with E-state index in [-0.39, 0.29) is 21.7 Å². The summed E-state index contributed by atoms with van der Waals surface area (Å²) in [5, 5.41) is 2.15. The average molecular weight is 870 g/mol. The van der Waals surface area contributed by atoms with Gasteiger partial charge in [-0.3, -0.25) is 9.13 Å². The lowest BCUT2D eigenvalue weighted by Crippen LogP contribution is -2.12. The van der Waals surface area contributed by atoms with Crippen molar-refractivity contribution in [1.29, 1.82) is 0 Å². The molecule has 0 aliphatic carbocycles. The van der Waals surface area contributed by atoms with Crippen LogP contribution in [0.5, 0.6) is 11.5 Å². The summed E-state index contributed by atoms with van der Waals surface area (Å²) in [6, 6.07) is 47.5. The maximum absolute atomic E-state index is 7.03. The van der Waals surface area contributed by atoms with Crippen molar-refractivity contribution in [2.24, 2.45) is 0 Å². The van der Waals surface area contributed by atoms with Crippen LogP contribution in [0.15, 0.2) is 144 Å². The van der Waals surface area contributed by atoms with E-state index in [0.717, 1.165) is 89.3 Å². The Morgan fingerprint density at radius 1 is 0.470 bits per heavy atom. The third-order valence-electron chi connectivity index (χ3n) is 12.7. The van der Waals surface area contributed by atoms with Crippen molar-refractivity contribution >= 4 is 43.9 Å². The van der Waals surface area contributed by atoms with E-state index in [1.165, 1.54) is 11.1 Å². The van der Waals surface area contributed by atoms with Crippen molar-refractivity contribution in [2.75, 3.05) is 0 Å². The van der Waals surface area contributed by atoms with E-state index in [4.69, 9.17) is 24.1 Å². The summed E-state index contributed by atoms with van der Waals surface area (Å²) in [5.41, 5.74) is 13.0. The highest BCUT2D eigenvalue weighted by Crippen LogP contribution is 2.42. The van der Waals surface area contributed by atoms with Crippen LogP contribution in [0, 0.1) is 0 Å². The lowest BCUT2D eigenvalue weighted by atomic mass is 9.84. The van der Waals surface area contributed by atoms with E-state index in [1.54, 1.807) is 0 Å². The second-order valence-corrected chi connectivity index (χ2v) is 22.0. The molecule has 0 bridgehead atoms. The van der Waals surface area contributed by atoms with E-state index in [9.17, 15) is 0 Å². The SMILES string of the molecule is CC(C)(C)c1cc(Oc2ccc3c4cc5nc(C(C)(C)C)oc5cc4n(-c4cc(C(C)(C)C)ccn4)c3c2)cc(-c2nc3ccccc3n2-c2ccc(C(C)(C)C)cc2-c2ccccc2)c1. The van der Waals surface area contributed by atoms with Gasteiger partial charge in [-0.15, -0.1) is 0 Å². The van der Waals surface area contributed by atoms with Gasteiger partial charge in [0.15, 0.2) is 5.58 Å². The van der Waals surface area contributed by atoms with Crippen LogP contribution in [0.2, 0.25) is 0 Å². The normalized spacial score (nSPS) is 12.8. The number of pyridine rings is 1. The Bertz CT molecular complexity index is 3490. The van der Waals surface area contributed by atoms with E-state index < -0.39 is 0 Å². The van der Waals surface area contributed by atoms with E-state index >= 15 is 0 Å². The second-order valence-electron chi connectivity index (χ2n) is 22.0. The summed E-state index contributed by atoms with van der Waals surface area (Å²) < 4.78 is 18.0. The molecule has 0 radical (unpaired) electrons. The number of hydrogen-bond acceptors (Lipinski definition) is 5. The monoisotopic (exact) mass is 869 g/mol. The second kappa shape index (κ2) is 15.3. The highest BCUT2D eigenvalue weighted by Gasteiger charge is 2.26. The van der Waals surface area contributed by atoms with Gasteiger partial charge in [0, 0.05) is 45.6 Å². The van der Waals surface area contributed by atoms with Crippen LogP contribution in [0.1, 0.15) is 106 Å². The first kappa shape index (κ1) is 42.9. The molecule has 4 heterocycles. The summed E-state index contributed by atoms with van der Waals surface area (Å²) in [7, 11) is 0. The Kier molecular flexibility index (Phi) is 9.95. The molecule has 0 amide bonds. The largest absolute Gasteiger partial charge is 0.457 e. The summed E-state index contributed by atoms with van der Waals surface area (Å²) in [6.07, 6.45) is 1.91. The minimum absolute atomic E-state index is 0.0291. The van der Waals surface area contributed by atoms with Crippen LogP contribution in [-0.2, 0) is 21.7 Å². The molecule has 10 rings (SSSR count). The maximum atomic E-state index is 7.03.